The Morgan fingerprint density at radius 1 is 0.759 bits per heavy atom. The molecule has 0 radical (unpaired) electrons. The molecule has 0 N–H and O–H groups in total. The van der Waals surface area contributed by atoms with Crippen molar-refractivity contribution in [2.75, 3.05) is 6.61 Å². The number of benzene rings is 3. The molecule has 1 aliphatic carbocycles. The molecule has 0 bridgehead atoms. The lowest BCUT2D eigenvalue weighted by Gasteiger charge is -2.33. The summed E-state index contributed by atoms with van der Waals surface area (Å²) in [6, 6.07) is 25.9. The van der Waals surface area contributed by atoms with Gasteiger partial charge in [-0.05, 0) is 48.2 Å². The Hall–Kier alpha value is -3.40. The van der Waals surface area contributed by atoms with Gasteiger partial charge in [0.1, 0.15) is 12.7 Å². The summed E-state index contributed by atoms with van der Waals surface area (Å²) >= 11 is 0. The molecule has 0 saturated carbocycles. The average Bonchev–Trinajstić information content (AvgIpc) is 2.79. The lowest BCUT2D eigenvalue weighted by atomic mass is 9.81. The quantitative estimate of drug-likeness (QED) is 0.591. The van der Waals surface area contributed by atoms with Crippen LogP contribution in [0.5, 0.6) is 0 Å². The number of fused-ring (bicyclic) bond motifs is 1. The Kier molecular flexibility index (Phi) is 5.71. The van der Waals surface area contributed by atoms with Crippen LogP contribution in [0.2, 0.25) is 0 Å². The van der Waals surface area contributed by atoms with Gasteiger partial charge in [-0.15, -0.1) is 0 Å². The van der Waals surface area contributed by atoms with Gasteiger partial charge in [0.2, 0.25) is 0 Å². The third kappa shape index (κ3) is 4.37. The molecule has 4 nitrogen and oxygen atoms in total. The van der Waals surface area contributed by atoms with Crippen molar-refractivity contribution in [2.45, 2.75) is 24.9 Å². The first-order chi connectivity index (χ1) is 14.2. The van der Waals surface area contributed by atoms with Crippen molar-refractivity contribution < 1.29 is 19.1 Å². The SMILES string of the molecule is O=C(OC[C@@H]1c2ccccc2CC[C@@H]1OC(=O)c1ccccc1)c1ccccc1. The second kappa shape index (κ2) is 8.74. The van der Waals surface area contributed by atoms with Gasteiger partial charge in [0.15, 0.2) is 0 Å². The number of hydrogen-bond donors (Lipinski definition) is 0. The van der Waals surface area contributed by atoms with Crippen molar-refractivity contribution in [3.63, 3.8) is 0 Å². The van der Waals surface area contributed by atoms with Crippen LogP contribution in [0.15, 0.2) is 84.9 Å². The van der Waals surface area contributed by atoms with Crippen LogP contribution in [-0.4, -0.2) is 24.6 Å². The number of hydrogen-bond acceptors (Lipinski definition) is 4. The molecule has 0 aromatic heterocycles. The topological polar surface area (TPSA) is 52.6 Å². The van der Waals surface area contributed by atoms with E-state index in [0.717, 1.165) is 12.0 Å². The zero-order valence-electron chi connectivity index (χ0n) is 16.0. The molecule has 0 aliphatic heterocycles. The summed E-state index contributed by atoms with van der Waals surface area (Å²) in [4.78, 5) is 25.0. The fourth-order valence-corrected chi connectivity index (χ4v) is 3.76. The van der Waals surface area contributed by atoms with E-state index in [1.807, 2.05) is 42.5 Å². The molecule has 4 rings (SSSR count). The van der Waals surface area contributed by atoms with E-state index in [-0.39, 0.29) is 30.6 Å². The molecule has 0 heterocycles. The molecule has 3 aromatic rings. The van der Waals surface area contributed by atoms with Crippen molar-refractivity contribution >= 4 is 11.9 Å². The molecule has 29 heavy (non-hydrogen) atoms. The van der Waals surface area contributed by atoms with Crippen LogP contribution < -0.4 is 0 Å². The highest BCUT2D eigenvalue weighted by molar-refractivity contribution is 5.90. The van der Waals surface area contributed by atoms with E-state index >= 15 is 0 Å². The van der Waals surface area contributed by atoms with Gasteiger partial charge in [-0.1, -0.05) is 60.7 Å². The number of esters is 2. The number of carbonyl (C=O) groups is 2. The van der Waals surface area contributed by atoms with Gasteiger partial charge in [-0.2, -0.15) is 0 Å². The molecule has 146 valence electrons. The maximum Gasteiger partial charge on any atom is 0.338 e. The van der Waals surface area contributed by atoms with Gasteiger partial charge >= 0.3 is 11.9 Å². The second-order valence-electron chi connectivity index (χ2n) is 7.12. The van der Waals surface area contributed by atoms with Crippen LogP contribution in [0.4, 0.5) is 0 Å². The molecular weight excluding hydrogens is 364 g/mol. The van der Waals surface area contributed by atoms with Crippen LogP contribution in [-0.2, 0) is 15.9 Å². The van der Waals surface area contributed by atoms with Crippen LogP contribution in [0, 0.1) is 0 Å². The molecule has 0 spiro atoms. The minimum atomic E-state index is -0.373. The standard InChI is InChI=1S/C25H22O4/c26-24(19-10-3-1-4-11-19)28-17-22-21-14-8-7-9-18(21)15-16-23(22)29-25(27)20-12-5-2-6-13-20/h1-14,22-23H,15-17H2/t22-,23+/m1/s1. The maximum absolute atomic E-state index is 12.6. The third-order valence-electron chi connectivity index (χ3n) is 5.27. The van der Waals surface area contributed by atoms with E-state index in [2.05, 4.69) is 6.07 Å². The van der Waals surface area contributed by atoms with E-state index in [9.17, 15) is 9.59 Å². The third-order valence-corrected chi connectivity index (χ3v) is 5.27. The van der Waals surface area contributed by atoms with Gasteiger partial charge < -0.3 is 9.47 Å². The summed E-state index contributed by atoms with van der Waals surface area (Å²) in [7, 11) is 0. The van der Waals surface area contributed by atoms with E-state index in [0.29, 0.717) is 17.5 Å². The van der Waals surface area contributed by atoms with Gasteiger partial charge in [0.25, 0.3) is 0 Å². The summed E-state index contributed by atoms with van der Waals surface area (Å²) < 4.78 is 11.5. The van der Waals surface area contributed by atoms with Gasteiger partial charge in [0, 0.05) is 0 Å². The molecule has 4 heteroatoms. The number of ether oxygens (including phenoxy) is 2. The highest BCUT2D eigenvalue weighted by atomic mass is 16.6. The van der Waals surface area contributed by atoms with E-state index < -0.39 is 0 Å². The maximum atomic E-state index is 12.6. The monoisotopic (exact) mass is 386 g/mol. The normalized spacial score (nSPS) is 17.8. The lowest BCUT2D eigenvalue weighted by molar-refractivity contribution is 0.00594. The van der Waals surface area contributed by atoms with E-state index in [4.69, 9.17) is 9.47 Å². The van der Waals surface area contributed by atoms with Crippen molar-refractivity contribution in [3.05, 3.63) is 107 Å². The summed E-state index contributed by atoms with van der Waals surface area (Å²) in [6.45, 7) is 0.164. The van der Waals surface area contributed by atoms with Crippen molar-refractivity contribution in [3.8, 4) is 0 Å². The molecule has 1 aliphatic rings. The van der Waals surface area contributed by atoms with Gasteiger partial charge in [0.05, 0.1) is 17.0 Å². The lowest BCUT2D eigenvalue weighted by Crippen LogP contribution is -2.33. The molecule has 0 amide bonds. The Balaban J connectivity index is 1.52. The molecule has 0 unspecified atom stereocenters. The minimum Gasteiger partial charge on any atom is -0.461 e. The van der Waals surface area contributed by atoms with Crippen molar-refractivity contribution in [1.82, 2.24) is 0 Å². The number of rotatable bonds is 5. The van der Waals surface area contributed by atoms with Crippen LogP contribution in [0.1, 0.15) is 44.2 Å². The number of carbonyl (C=O) groups excluding carboxylic acids is 2. The predicted molar refractivity (Wildman–Crippen MR) is 110 cm³/mol. The average molecular weight is 386 g/mol. The van der Waals surface area contributed by atoms with E-state index in [1.54, 1.807) is 36.4 Å². The number of aryl methyl sites for hydroxylation is 1. The summed E-state index contributed by atoms with van der Waals surface area (Å²) in [5.41, 5.74) is 3.31. The van der Waals surface area contributed by atoms with E-state index in [1.165, 1.54) is 5.56 Å². The fraction of sp³-hybridized carbons (Fsp3) is 0.200. The van der Waals surface area contributed by atoms with Crippen LogP contribution in [0.3, 0.4) is 0 Å². The second-order valence-corrected chi connectivity index (χ2v) is 7.12. The first-order valence-corrected chi connectivity index (χ1v) is 9.78. The largest absolute Gasteiger partial charge is 0.461 e. The van der Waals surface area contributed by atoms with Crippen LogP contribution >= 0.6 is 0 Å². The first kappa shape index (κ1) is 18.9. The Labute approximate surface area is 170 Å². The zero-order valence-corrected chi connectivity index (χ0v) is 16.0. The zero-order chi connectivity index (χ0) is 20.1. The van der Waals surface area contributed by atoms with Gasteiger partial charge in [-0.25, -0.2) is 9.59 Å². The Morgan fingerprint density at radius 3 is 2.03 bits per heavy atom. The Bertz CT molecular complexity index is 982. The molecule has 2 atom stereocenters. The highest BCUT2D eigenvalue weighted by Gasteiger charge is 2.33. The summed E-state index contributed by atoms with van der Waals surface area (Å²) in [5, 5.41) is 0. The molecular formula is C25H22O4. The predicted octanol–water partition coefficient (Wildman–Crippen LogP) is 4.80. The van der Waals surface area contributed by atoms with Crippen LogP contribution in [0.25, 0.3) is 0 Å². The molecule has 3 aromatic carbocycles. The smallest absolute Gasteiger partial charge is 0.338 e. The minimum absolute atomic E-state index is 0.164. The molecule has 0 fully saturated rings. The van der Waals surface area contributed by atoms with Crippen molar-refractivity contribution in [1.29, 1.82) is 0 Å². The van der Waals surface area contributed by atoms with Crippen molar-refractivity contribution in [2.24, 2.45) is 0 Å². The molecule has 0 saturated heterocycles. The first-order valence-electron chi connectivity index (χ1n) is 9.78. The Morgan fingerprint density at radius 2 is 1.34 bits per heavy atom. The highest BCUT2D eigenvalue weighted by Crippen LogP contribution is 2.34. The fourth-order valence-electron chi connectivity index (χ4n) is 3.76. The van der Waals surface area contributed by atoms with Gasteiger partial charge in [-0.3, -0.25) is 0 Å². The summed E-state index contributed by atoms with van der Waals surface area (Å²) in [6.07, 6.45) is 1.18. The summed E-state index contributed by atoms with van der Waals surface area (Å²) in [5.74, 6) is -0.920.